The zero-order valence-electron chi connectivity index (χ0n) is 10.9. The fraction of sp³-hybridized carbons (Fsp3) is 0.455. The summed E-state index contributed by atoms with van der Waals surface area (Å²) in [5, 5.41) is 9.83. The number of carbonyl (C=O) groups is 1. The van der Waals surface area contributed by atoms with Crippen molar-refractivity contribution < 1.29 is 38.1 Å². The minimum Gasteiger partial charge on any atom is -0.390 e. The molecule has 0 spiro atoms. The Kier molecular flexibility index (Phi) is 4.72. The van der Waals surface area contributed by atoms with Crippen LogP contribution in [0.3, 0.4) is 0 Å². The number of nitrogens with zero attached hydrogens (tertiary/aromatic N) is 1. The van der Waals surface area contributed by atoms with E-state index >= 15 is 0 Å². The van der Waals surface area contributed by atoms with Crippen LogP contribution in [0.15, 0.2) is 24.5 Å². The van der Waals surface area contributed by atoms with Crippen LogP contribution in [0.4, 0.5) is 0 Å². The van der Waals surface area contributed by atoms with Crippen LogP contribution >= 0.6 is 7.82 Å². The number of aromatic nitrogens is 1. The van der Waals surface area contributed by atoms with Gasteiger partial charge in [0, 0.05) is 6.07 Å². The standard InChI is InChI=1S/C11H15N2O7P/c12-11(15)7-2-1-3-13(5-7)10-4-8(14)9(20-10)6-19-21(16,17)18/h1-3,5,8-10,14H,4,6H2,(H3-,12,15,16,17,18)/p+1/t8-,9+,10+/m0/s1. The fourth-order valence-corrected chi connectivity index (χ4v) is 2.38. The van der Waals surface area contributed by atoms with Gasteiger partial charge in [-0.25, -0.2) is 4.57 Å². The maximum atomic E-state index is 11.1. The molecule has 1 aromatic rings. The molecule has 2 rings (SSSR count). The first kappa shape index (κ1) is 16.0. The Balaban J connectivity index is 2.05. The maximum absolute atomic E-state index is 11.1. The molecule has 0 bridgehead atoms. The van der Waals surface area contributed by atoms with E-state index in [0.29, 0.717) is 0 Å². The van der Waals surface area contributed by atoms with Crippen molar-refractivity contribution >= 4 is 13.7 Å². The first-order valence-electron chi connectivity index (χ1n) is 6.10. The topological polar surface area (TPSA) is 143 Å². The monoisotopic (exact) mass is 319 g/mol. The number of aliphatic hydroxyl groups is 1. The average molecular weight is 319 g/mol. The van der Waals surface area contributed by atoms with E-state index in [0.717, 1.165) is 0 Å². The molecule has 1 aliphatic rings. The van der Waals surface area contributed by atoms with Crippen molar-refractivity contribution in [3.63, 3.8) is 0 Å². The lowest BCUT2D eigenvalue weighted by atomic mass is 10.2. The molecule has 0 aliphatic carbocycles. The molecule has 1 saturated heterocycles. The second-order valence-corrected chi connectivity index (χ2v) is 5.86. The summed E-state index contributed by atoms with van der Waals surface area (Å²) < 4.78 is 22.0. The molecular formula is C11H16N2O7P+. The molecule has 0 saturated carbocycles. The highest BCUT2D eigenvalue weighted by atomic mass is 31.2. The summed E-state index contributed by atoms with van der Waals surface area (Å²) in [6.45, 7) is -0.433. The third kappa shape index (κ3) is 4.31. The van der Waals surface area contributed by atoms with E-state index in [9.17, 15) is 14.5 Å². The number of nitrogens with two attached hydrogens (primary N) is 1. The Hall–Kier alpha value is -1.35. The quantitative estimate of drug-likeness (QED) is 0.395. The highest BCUT2D eigenvalue weighted by Crippen LogP contribution is 2.37. The van der Waals surface area contributed by atoms with Gasteiger partial charge in [0.2, 0.25) is 0 Å². The van der Waals surface area contributed by atoms with Crippen molar-refractivity contribution in [2.24, 2.45) is 5.73 Å². The first-order chi connectivity index (χ1) is 9.76. The van der Waals surface area contributed by atoms with Crippen molar-refractivity contribution in [3.05, 3.63) is 30.1 Å². The van der Waals surface area contributed by atoms with Crippen LogP contribution in [0.5, 0.6) is 0 Å². The molecular weight excluding hydrogens is 303 g/mol. The number of aliphatic hydroxyl groups excluding tert-OH is 1. The van der Waals surface area contributed by atoms with E-state index in [1.165, 1.54) is 6.20 Å². The highest BCUT2D eigenvalue weighted by Gasteiger charge is 2.40. The number of carbonyl (C=O) groups excluding carboxylic acids is 1. The number of phosphoric acid groups is 1. The van der Waals surface area contributed by atoms with E-state index in [-0.39, 0.29) is 12.0 Å². The van der Waals surface area contributed by atoms with Crippen molar-refractivity contribution in [1.29, 1.82) is 0 Å². The molecule has 1 fully saturated rings. The first-order valence-corrected chi connectivity index (χ1v) is 7.63. The third-order valence-corrected chi connectivity index (χ3v) is 3.54. The minimum absolute atomic E-state index is 0.196. The van der Waals surface area contributed by atoms with Gasteiger partial charge in [-0.05, 0) is 6.07 Å². The Bertz CT molecular complexity index is 575. The number of ether oxygens (including phenoxy) is 1. The van der Waals surface area contributed by atoms with Gasteiger partial charge in [0.1, 0.15) is 11.7 Å². The van der Waals surface area contributed by atoms with Crippen molar-refractivity contribution in [1.82, 2.24) is 0 Å². The van der Waals surface area contributed by atoms with E-state index < -0.39 is 38.8 Å². The van der Waals surface area contributed by atoms with Gasteiger partial charge in [-0.3, -0.25) is 9.32 Å². The largest absolute Gasteiger partial charge is 0.469 e. The second kappa shape index (κ2) is 6.18. The van der Waals surface area contributed by atoms with Gasteiger partial charge in [0.05, 0.1) is 19.1 Å². The van der Waals surface area contributed by atoms with Crippen molar-refractivity contribution in [2.75, 3.05) is 6.61 Å². The van der Waals surface area contributed by atoms with Gasteiger partial charge in [0.25, 0.3) is 12.1 Å². The molecule has 1 aromatic heterocycles. The smallest absolute Gasteiger partial charge is 0.390 e. The summed E-state index contributed by atoms with van der Waals surface area (Å²) in [5.74, 6) is -0.593. The van der Waals surface area contributed by atoms with Crippen LogP contribution in [-0.2, 0) is 13.8 Å². The molecule has 5 N–H and O–H groups in total. The molecule has 2 heterocycles. The number of amides is 1. The Labute approximate surface area is 120 Å². The number of pyridine rings is 1. The van der Waals surface area contributed by atoms with Crippen LogP contribution in [0.25, 0.3) is 0 Å². The van der Waals surface area contributed by atoms with E-state index in [1.54, 1.807) is 22.9 Å². The lowest BCUT2D eigenvalue weighted by Gasteiger charge is -2.13. The summed E-state index contributed by atoms with van der Waals surface area (Å²) in [5.41, 5.74) is 5.47. The van der Waals surface area contributed by atoms with E-state index in [1.807, 2.05) is 0 Å². The van der Waals surface area contributed by atoms with Crippen LogP contribution < -0.4 is 10.3 Å². The summed E-state index contributed by atoms with van der Waals surface area (Å²) >= 11 is 0. The van der Waals surface area contributed by atoms with E-state index in [2.05, 4.69) is 4.52 Å². The zero-order chi connectivity index (χ0) is 15.6. The summed E-state index contributed by atoms with van der Waals surface area (Å²) in [7, 11) is -4.62. The maximum Gasteiger partial charge on any atom is 0.469 e. The number of rotatable bonds is 5. The van der Waals surface area contributed by atoms with Crippen molar-refractivity contribution in [2.45, 2.75) is 24.9 Å². The molecule has 9 nitrogen and oxygen atoms in total. The molecule has 1 aliphatic heterocycles. The van der Waals surface area contributed by atoms with Gasteiger partial charge in [-0.1, -0.05) is 0 Å². The van der Waals surface area contributed by atoms with Gasteiger partial charge >= 0.3 is 7.82 Å². The highest BCUT2D eigenvalue weighted by molar-refractivity contribution is 7.46. The van der Waals surface area contributed by atoms with Crippen molar-refractivity contribution in [3.8, 4) is 0 Å². The molecule has 10 heteroatoms. The number of primary amides is 1. The molecule has 1 amide bonds. The molecule has 21 heavy (non-hydrogen) atoms. The molecule has 0 radical (unpaired) electrons. The predicted molar refractivity (Wildman–Crippen MR) is 67.7 cm³/mol. The van der Waals surface area contributed by atoms with E-state index in [4.69, 9.17) is 20.3 Å². The zero-order valence-corrected chi connectivity index (χ0v) is 11.8. The lowest BCUT2D eigenvalue weighted by molar-refractivity contribution is -0.759. The van der Waals surface area contributed by atoms with Crippen LogP contribution in [0.1, 0.15) is 23.0 Å². The Morgan fingerprint density at radius 1 is 1.57 bits per heavy atom. The van der Waals surface area contributed by atoms with Gasteiger partial charge < -0.3 is 25.4 Å². The van der Waals surface area contributed by atoms with Gasteiger partial charge in [-0.2, -0.15) is 4.57 Å². The average Bonchev–Trinajstić information content (AvgIpc) is 2.77. The Morgan fingerprint density at radius 2 is 2.29 bits per heavy atom. The van der Waals surface area contributed by atoms with Crippen LogP contribution in [0.2, 0.25) is 0 Å². The summed E-state index contributed by atoms with van der Waals surface area (Å²) in [4.78, 5) is 28.4. The number of hydrogen-bond donors (Lipinski definition) is 4. The molecule has 0 unspecified atom stereocenters. The summed E-state index contributed by atoms with van der Waals surface area (Å²) in [6.07, 6.45) is 0.924. The molecule has 3 atom stereocenters. The van der Waals surface area contributed by atoms with Gasteiger partial charge in [-0.15, -0.1) is 0 Å². The number of hydrogen-bond acceptors (Lipinski definition) is 5. The molecule has 116 valence electrons. The lowest BCUT2D eigenvalue weighted by Crippen LogP contribution is -2.40. The van der Waals surface area contributed by atoms with Gasteiger partial charge in [0.15, 0.2) is 12.4 Å². The van der Waals surface area contributed by atoms with Crippen LogP contribution in [0, 0.1) is 0 Å². The normalized spacial score (nSPS) is 26.0. The van der Waals surface area contributed by atoms with Crippen LogP contribution in [-0.4, -0.2) is 39.6 Å². The minimum atomic E-state index is -4.62. The molecule has 0 aromatic carbocycles. The summed E-state index contributed by atoms with van der Waals surface area (Å²) in [6, 6.07) is 3.15. The third-order valence-electron chi connectivity index (χ3n) is 3.05. The SMILES string of the molecule is NC(=O)c1ccc[n+]([C@H]2C[C@H](O)[C@@H](COP(=O)(O)O)O2)c1. The predicted octanol–water partition coefficient (Wildman–Crippen LogP) is -1.17. The number of phosphoric ester groups is 1. The fourth-order valence-electron chi connectivity index (χ4n) is 2.04. The second-order valence-electron chi connectivity index (χ2n) is 4.62. The Morgan fingerprint density at radius 3 is 2.90 bits per heavy atom.